The molecule has 0 aliphatic rings. The predicted octanol–water partition coefficient (Wildman–Crippen LogP) is 2.99. The van der Waals surface area contributed by atoms with E-state index in [1.807, 2.05) is 19.9 Å². The number of rotatable bonds is 4. The van der Waals surface area contributed by atoms with Gasteiger partial charge in [-0.15, -0.1) is 0 Å². The first kappa shape index (κ1) is 11.2. The van der Waals surface area contributed by atoms with E-state index >= 15 is 0 Å². The van der Waals surface area contributed by atoms with Crippen LogP contribution in [0.15, 0.2) is 42.6 Å². The lowest BCUT2D eigenvalue weighted by Crippen LogP contribution is -2.01. The van der Waals surface area contributed by atoms with E-state index in [2.05, 4.69) is 23.2 Å². The van der Waals surface area contributed by atoms with Gasteiger partial charge in [0.2, 0.25) is 0 Å². The van der Waals surface area contributed by atoms with E-state index in [-0.39, 0.29) is 0 Å². The van der Waals surface area contributed by atoms with Crippen LogP contribution in [-0.2, 0) is 0 Å². The first-order valence-corrected chi connectivity index (χ1v) is 4.72. The lowest BCUT2D eigenvalue weighted by atomic mass is 10.2. The molecule has 0 unspecified atom stereocenters. The van der Waals surface area contributed by atoms with Crippen molar-refractivity contribution in [3.8, 4) is 0 Å². The van der Waals surface area contributed by atoms with Crippen LogP contribution in [0.2, 0.25) is 0 Å². The first-order valence-electron chi connectivity index (χ1n) is 4.72. The molecule has 15 heavy (non-hydrogen) atoms. The molecule has 0 spiro atoms. The third kappa shape index (κ3) is 2.53. The Morgan fingerprint density at radius 2 is 2.33 bits per heavy atom. The largest absolute Gasteiger partial charge is 0.242 e. The zero-order valence-corrected chi connectivity index (χ0v) is 9.14. The van der Waals surface area contributed by atoms with Gasteiger partial charge in [-0.1, -0.05) is 19.2 Å². The average Bonchev–Trinajstić information content (AvgIpc) is 2.65. The Balaban J connectivity index is 3.23. The Bertz CT molecular complexity index is 422. The smallest absolute Gasteiger partial charge is 0.153 e. The molecule has 1 heterocycles. The third-order valence-electron chi connectivity index (χ3n) is 1.83. The summed E-state index contributed by atoms with van der Waals surface area (Å²) in [5, 5.41) is 4.20. The van der Waals surface area contributed by atoms with E-state index in [1.54, 1.807) is 29.2 Å². The Morgan fingerprint density at radius 1 is 1.60 bits per heavy atom. The van der Waals surface area contributed by atoms with Crippen molar-refractivity contribution in [2.45, 2.75) is 13.8 Å². The second-order valence-electron chi connectivity index (χ2n) is 3.06. The average molecular weight is 201 g/mol. The molecule has 0 atom stereocenters. The van der Waals surface area contributed by atoms with Gasteiger partial charge in [0.05, 0.1) is 11.9 Å². The van der Waals surface area contributed by atoms with Crippen molar-refractivity contribution < 1.29 is 0 Å². The van der Waals surface area contributed by atoms with Gasteiger partial charge in [0.25, 0.3) is 0 Å². The highest BCUT2D eigenvalue weighted by Crippen LogP contribution is 2.16. The van der Waals surface area contributed by atoms with E-state index in [0.29, 0.717) is 0 Å². The summed E-state index contributed by atoms with van der Waals surface area (Å²) in [5.74, 6) is 0.732. The fourth-order valence-corrected chi connectivity index (χ4v) is 1.22. The van der Waals surface area contributed by atoms with Crippen LogP contribution < -0.4 is 0 Å². The summed E-state index contributed by atoms with van der Waals surface area (Å²) in [6, 6.07) is 1.91. The number of hydrogen-bond donors (Lipinski definition) is 0. The maximum absolute atomic E-state index is 4.22. The number of aromatic nitrogens is 2. The summed E-state index contributed by atoms with van der Waals surface area (Å²) in [4.78, 5) is 4.22. The fraction of sp³-hybridized carbons (Fsp3) is 0.167. The standard InChI is InChI=1S/C12H15N3/c1-5-7-12(13-6-2)15-11(10(3)4)8-9-14-15/h5-9H,1,3H2,2,4H3/b12-7+,13-6-. The van der Waals surface area contributed by atoms with E-state index in [9.17, 15) is 0 Å². The van der Waals surface area contributed by atoms with Crippen molar-refractivity contribution in [3.05, 3.63) is 43.3 Å². The van der Waals surface area contributed by atoms with Gasteiger partial charge in [-0.05, 0) is 31.6 Å². The fourth-order valence-electron chi connectivity index (χ4n) is 1.22. The van der Waals surface area contributed by atoms with E-state index in [4.69, 9.17) is 0 Å². The molecule has 0 aliphatic carbocycles. The van der Waals surface area contributed by atoms with Crippen LogP contribution in [0.25, 0.3) is 11.4 Å². The van der Waals surface area contributed by atoms with Crippen molar-refractivity contribution in [2.24, 2.45) is 4.99 Å². The van der Waals surface area contributed by atoms with Gasteiger partial charge < -0.3 is 0 Å². The van der Waals surface area contributed by atoms with E-state index in [1.165, 1.54) is 0 Å². The minimum absolute atomic E-state index is 0.732. The maximum atomic E-state index is 4.22. The quantitative estimate of drug-likeness (QED) is 0.544. The molecule has 0 N–H and O–H groups in total. The second-order valence-corrected chi connectivity index (χ2v) is 3.06. The molecule has 1 aromatic rings. The number of allylic oxidation sites excluding steroid dienone is 3. The number of aliphatic imine (C=N–C) groups is 1. The summed E-state index contributed by atoms with van der Waals surface area (Å²) in [6.07, 6.45) is 6.94. The molecular weight excluding hydrogens is 186 g/mol. The molecule has 0 aromatic carbocycles. The minimum Gasteiger partial charge on any atom is -0.242 e. The maximum Gasteiger partial charge on any atom is 0.153 e. The topological polar surface area (TPSA) is 30.2 Å². The van der Waals surface area contributed by atoms with Gasteiger partial charge in [0.1, 0.15) is 0 Å². The molecule has 0 aliphatic heterocycles. The zero-order valence-electron chi connectivity index (χ0n) is 9.14. The van der Waals surface area contributed by atoms with E-state index in [0.717, 1.165) is 17.1 Å². The lowest BCUT2D eigenvalue weighted by molar-refractivity contribution is 0.874. The van der Waals surface area contributed by atoms with Crippen LogP contribution in [0, 0.1) is 0 Å². The van der Waals surface area contributed by atoms with Crippen molar-refractivity contribution in [3.63, 3.8) is 0 Å². The Labute approximate surface area is 90.1 Å². The van der Waals surface area contributed by atoms with Crippen molar-refractivity contribution in [2.75, 3.05) is 0 Å². The van der Waals surface area contributed by atoms with Crippen molar-refractivity contribution >= 4 is 17.6 Å². The molecule has 3 heteroatoms. The molecule has 0 saturated heterocycles. The lowest BCUT2D eigenvalue weighted by Gasteiger charge is -2.06. The molecule has 78 valence electrons. The van der Waals surface area contributed by atoms with Crippen LogP contribution in [0.4, 0.5) is 0 Å². The third-order valence-corrected chi connectivity index (χ3v) is 1.83. The van der Waals surface area contributed by atoms with E-state index < -0.39 is 0 Å². The summed E-state index contributed by atoms with van der Waals surface area (Å²) in [5.41, 5.74) is 1.91. The summed E-state index contributed by atoms with van der Waals surface area (Å²) in [6.45, 7) is 11.3. The normalized spacial score (nSPS) is 12.0. The summed E-state index contributed by atoms with van der Waals surface area (Å²) in [7, 11) is 0. The SMILES string of the molecule is C=C/C=C(\N=C/C)n1nccc1C(=C)C. The number of hydrogen-bond acceptors (Lipinski definition) is 2. The molecule has 0 radical (unpaired) electrons. The highest BCUT2D eigenvalue weighted by atomic mass is 15.3. The highest BCUT2D eigenvalue weighted by Gasteiger charge is 2.05. The molecule has 3 nitrogen and oxygen atoms in total. The molecule has 0 saturated carbocycles. The van der Waals surface area contributed by atoms with Gasteiger partial charge in [-0.2, -0.15) is 5.10 Å². The van der Waals surface area contributed by atoms with Gasteiger partial charge in [-0.3, -0.25) is 0 Å². The van der Waals surface area contributed by atoms with Crippen molar-refractivity contribution in [1.29, 1.82) is 0 Å². The molecule has 0 fully saturated rings. The van der Waals surface area contributed by atoms with Crippen molar-refractivity contribution in [1.82, 2.24) is 9.78 Å². The van der Waals surface area contributed by atoms with Gasteiger partial charge in [0, 0.05) is 6.21 Å². The van der Waals surface area contributed by atoms with Gasteiger partial charge >= 0.3 is 0 Å². The summed E-state index contributed by atoms with van der Waals surface area (Å²) >= 11 is 0. The van der Waals surface area contributed by atoms with Gasteiger partial charge in [-0.25, -0.2) is 9.67 Å². The van der Waals surface area contributed by atoms with Crippen LogP contribution >= 0.6 is 0 Å². The Morgan fingerprint density at radius 3 is 2.87 bits per heavy atom. The second kappa shape index (κ2) is 5.10. The summed E-state index contributed by atoms with van der Waals surface area (Å²) < 4.78 is 1.74. The Kier molecular flexibility index (Phi) is 3.80. The first-order chi connectivity index (χ1) is 7.20. The molecule has 1 rings (SSSR count). The molecular formula is C12H15N3. The van der Waals surface area contributed by atoms with Crippen LogP contribution in [0.5, 0.6) is 0 Å². The molecule has 1 aromatic heterocycles. The zero-order chi connectivity index (χ0) is 11.3. The van der Waals surface area contributed by atoms with Crippen LogP contribution in [0.1, 0.15) is 19.5 Å². The van der Waals surface area contributed by atoms with Crippen LogP contribution in [0.3, 0.4) is 0 Å². The predicted molar refractivity (Wildman–Crippen MR) is 65.6 cm³/mol. The monoisotopic (exact) mass is 201 g/mol. The van der Waals surface area contributed by atoms with Crippen LogP contribution in [-0.4, -0.2) is 16.0 Å². The number of nitrogens with zero attached hydrogens (tertiary/aromatic N) is 3. The Hall–Kier alpha value is -1.90. The van der Waals surface area contributed by atoms with Gasteiger partial charge in [0.15, 0.2) is 5.82 Å². The highest BCUT2D eigenvalue weighted by molar-refractivity contribution is 5.67. The minimum atomic E-state index is 0.732. The molecule has 0 amide bonds. The molecule has 0 bridgehead atoms.